The number of piperidine rings is 2. The molecular formula is C18H30ClN3O3S2. The summed E-state index contributed by atoms with van der Waals surface area (Å²) in [5, 5.41) is 6.42. The van der Waals surface area contributed by atoms with Crippen LogP contribution < -0.4 is 10.6 Å². The molecule has 0 saturated carbocycles. The molecule has 2 N–H and O–H groups in total. The summed E-state index contributed by atoms with van der Waals surface area (Å²) in [7, 11) is -3.48. The van der Waals surface area contributed by atoms with E-state index in [9.17, 15) is 13.2 Å². The molecule has 2 saturated heterocycles. The van der Waals surface area contributed by atoms with Crippen molar-refractivity contribution in [3.8, 4) is 0 Å². The lowest BCUT2D eigenvalue weighted by atomic mass is 9.95. The number of carbonyl (C=O) groups excluding carboxylic acids is 1. The SMILES string of the molecule is Cc1ccc(S(=O)(=O)N2CCCC(C(=O)NCCC3CCCNC3)C2)s1.Cl. The fourth-order valence-corrected chi connectivity index (χ4v) is 6.73. The maximum Gasteiger partial charge on any atom is 0.252 e. The van der Waals surface area contributed by atoms with E-state index in [0.717, 1.165) is 37.2 Å². The normalized spacial score (nSPS) is 24.2. The van der Waals surface area contributed by atoms with E-state index in [-0.39, 0.29) is 30.8 Å². The van der Waals surface area contributed by atoms with E-state index in [4.69, 9.17) is 0 Å². The summed E-state index contributed by atoms with van der Waals surface area (Å²) in [6.07, 6.45) is 4.90. The Morgan fingerprint density at radius 3 is 2.81 bits per heavy atom. The maximum atomic E-state index is 12.8. The van der Waals surface area contributed by atoms with Gasteiger partial charge in [-0.3, -0.25) is 4.79 Å². The minimum Gasteiger partial charge on any atom is -0.356 e. The Labute approximate surface area is 172 Å². The van der Waals surface area contributed by atoms with Gasteiger partial charge in [-0.25, -0.2) is 8.42 Å². The number of carbonyl (C=O) groups is 1. The lowest BCUT2D eigenvalue weighted by Crippen LogP contribution is -2.45. The number of amides is 1. The average molecular weight is 436 g/mol. The Morgan fingerprint density at radius 1 is 1.33 bits per heavy atom. The van der Waals surface area contributed by atoms with Crippen LogP contribution >= 0.6 is 23.7 Å². The minimum atomic E-state index is -3.48. The first kappa shape index (κ1) is 22.6. The highest BCUT2D eigenvalue weighted by atomic mass is 35.5. The summed E-state index contributed by atoms with van der Waals surface area (Å²) in [5.74, 6) is 0.384. The summed E-state index contributed by atoms with van der Waals surface area (Å²) >= 11 is 1.29. The second kappa shape index (κ2) is 10.2. The second-order valence-corrected chi connectivity index (χ2v) is 10.8. The number of hydrogen-bond acceptors (Lipinski definition) is 5. The van der Waals surface area contributed by atoms with Crippen molar-refractivity contribution in [1.29, 1.82) is 0 Å². The Bertz CT molecular complexity index is 717. The van der Waals surface area contributed by atoms with Gasteiger partial charge in [-0.1, -0.05) is 0 Å². The number of thiophene rings is 1. The van der Waals surface area contributed by atoms with Gasteiger partial charge in [0.25, 0.3) is 10.0 Å². The molecule has 1 amide bonds. The first-order valence-electron chi connectivity index (χ1n) is 9.52. The molecule has 0 aliphatic carbocycles. The first-order chi connectivity index (χ1) is 12.5. The molecule has 1 aromatic heterocycles. The third kappa shape index (κ3) is 5.90. The predicted octanol–water partition coefficient (Wildman–Crippen LogP) is 2.38. The molecule has 0 bridgehead atoms. The third-order valence-corrected chi connectivity index (χ3v) is 8.65. The highest BCUT2D eigenvalue weighted by Crippen LogP contribution is 2.28. The predicted molar refractivity (Wildman–Crippen MR) is 111 cm³/mol. The Balaban J connectivity index is 0.00000261. The Kier molecular flexibility index (Phi) is 8.55. The zero-order valence-corrected chi connectivity index (χ0v) is 18.2. The molecule has 0 spiro atoms. The van der Waals surface area contributed by atoms with Crippen LogP contribution in [0.15, 0.2) is 16.3 Å². The molecule has 2 aliphatic heterocycles. The van der Waals surface area contributed by atoms with Crippen molar-refractivity contribution in [2.24, 2.45) is 11.8 Å². The number of hydrogen-bond donors (Lipinski definition) is 2. The lowest BCUT2D eigenvalue weighted by molar-refractivity contribution is -0.126. The molecule has 1 aromatic rings. The van der Waals surface area contributed by atoms with Gasteiger partial charge < -0.3 is 10.6 Å². The van der Waals surface area contributed by atoms with Gasteiger partial charge in [-0.15, -0.1) is 23.7 Å². The molecular weight excluding hydrogens is 406 g/mol. The van der Waals surface area contributed by atoms with Crippen molar-refractivity contribution >= 4 is 39.7 Å². The number of sulfonamides is 1. The van der Waals surface area contributed by atoms with Gasteiger partial charge in [0.1, 0.15) is 4.21 Å². The molecule has 2 fully saturated rings. The fraction of sp³-hybridized carbons (Fsp3) is 0.722. The first-order valence-corrected chi connectivity index (χ1v) is 11.8. The van der Waals surface area contributed by atoms with Crippen molar-refractivity contribution in [2.45, 2.75) is 43.2 Å². The number of nitrogens with zero attached hydrogens (tertiary/aromatic N) is 1. The number of nitrogens with one attached hydrogen (secondary N) is 2. The standard InChI is InChI=1S/C18H29N3O3S2.ClH/c1-14-6-7-17(25-14)26(23,24)21-11-3-5-16(13-21)18(22)20-10-8-15-4-2-9-19-12-15;/h6-7,15-16,19H,2-5,8-13H2,1H3,(H,20,22);1H. The molecule has 9 heteroatoms. The Hall–Kier alpha value is -0.670. The van der Waals surface area contributed by atoms with Gasteiger partial charge in [-0.2, -0.15) is 4.31 Å². The van der Waals surface area contributed by atoms with E-state index in [2.05, 4.69) is 10.6 Å². The molecule has 2 unspecified atom stereocenters. The van der Waals surface area contributed by atoms with Crippen molar-refractivity contribution < 1.29 is 13.2 Å². The average Bonchev–Trinajstić information content (AvgIpc) is 3.10. The second-order valence-electron chi connectivity index (χ2n) is 7.36. The van der Waals surface area contributed by atoms with Crippen LogP contribution in [0.25, 0.3) is 0 Å². The fourth-order valence-electron chi connectivity index (χ4n) is 3.77. The molecule has 27 heavy (non-hydrogen) atoms. The monoisotopic (exact) mass is 435 g/mol. The van der Waals surface area contributed by atoms with Gasteiger partial charge in [0.05, 0.1) is 5.92 Å². The van der Waals surface area contributed by atoms with Crippen molar-refractivity contribution in [3.63, 3.8) is 0 Å². The Morgan fingerprint density at radius 2 is 2.15 bits per heavy atom. The quantitative estimate of drug-likeness (QED) is 0.719. The van der Waals surface area contributed by atoms with Crippen LogP contribution in [0, 0.1) is 18.8 Å². The van der Waals surface area contributed by atoms with E-state index < -0.39 is 10.0 Å². The molecule has 0 radical (unpaired) electrons. The largest absolute Gasteiger partial charge is 0.356 e. The van der Waals surface area contributed by atoms with Crippen LogP contribution in [0.1, 0.15) is 37.0 Å². The zero-order chi connectivity index (χ0) is 18.6. The van der Waals surface area contributed by atoms with Crippen LogP contribution in [0.2, 0.25) is 0 Å². The van der Waals surface area contributed by atoms with Crippen LogP contribution in [0.3, 0.4) is 0 Å². The van der Waals surface area contributed by atoms with Gasteiger partial charge in [0.2, 0.25) is 5.91 Å². The molecule has 154 valence electrons. The maximum absolute atomic E-state index is 12.8. The number of halogens is 1. The molecule has 3 rings (SSSR count). The van der Waals surface area contributed by atoms with E-state index in [1.165, 1.54) is 28.5 Å². The summed E-state index contributed by atoms with van der Waals surface area (Å²) in [6.45, 7) is 5.49. The lowest BCUT2D eigenvalue weighted by Gasteiger charge is -2.31. The molecule has 6 nitrogen and oxygen atoms in total. The van der Waals surface area contributed by atoms with Gasteiger partial charge in [0, 0.05) is 24.5 Å². The van der Waals surface area contributed by atoms with Crippen LogP contribution in [-0.2, 0) is 14.8 Å². The van der Waals surface area contributed by atoms with E-state index in [1.807, 2.05) is 13.0 Å². The van der Waals surface area contributed by atoms with Crippen LogP contribution in [-0.4, -0.2) is 51.4 Å². The van der Waals surface area contributed by atoms with Gasteiger partial charge in [-0.05, 0) is 70.2 Å². The highest BCUT2D eigenvalue weighted by Gasteiger charge is 2.33. The van der Waals surface area contributed by atoms with Crippen LogP contribution in [0.4, 0.5) is 0 Å². The van der Waals surface area contributed by atoms with E-state index in [1.54, 1.807) is 6.07 Å². The molecule has 2 aliphatic rings. The summed E-state index contributed by atoms with van der Waals surface area (Å²) in [6, 6.07) is 3.49. The van der Waals surface area contributed by atoms with Crippen LogP contribution in [0.5, 0.6) is 0 Å². The smallest absolute Gasteiger partial charge is 0.252 e. The number of rotatable bonds is 6. The van der Waals surface area contributed by atoms with Gasteiger partial charge in [0.15, 0.2) is 0 Å². The van der Waals surface area contributed by atoms with E-state index in [0.29, 0.717) is 23.2 Å². The third-order valence-electron chi connectivity index (χ3n) is 5.32. The van der Waals surface area contributed by atoms with E-state index >= 15 is 0 Å². The topological polar surface area (TPSA) is 78.5 Å². The van der Waals surface area contributed by atoms with Crippen molar-refractivity contribution in [1.82, 2.24) is 14.9 Å². The number of aryl methyl sites for hydroxylation is 1. The summed E-state index contributed by atoms with van der Waals surface area (Å²) < 4.78 is 27.4. The molecule has 3 heterocycles. The zero-order valence-electron chi connectivity index (χ0n) is 15.8. The molecule has 0 aromatic carbocycles. The van der Waals surface area contributed by atoms with Crippen molar-refractivity contribution in [2.75, 3.05) is 32.7 Å². The molecule has 2 atom stereocenters. The van der Waals surface area contributed by atoms with Gasteiger partial charge >= 0.3 is 0 Å². The summed E-state index contributed by atoms with van der Waals surface area (Å²) in [5.41, 5.74) is 0. The minimum absolute atomic E-state index is 0. The summed E-state index contributed by atoms with van der Waals surface area (Å²) in [4.78, 5) is 13.5. The highest BCUT2D eigenvalue weighted by molar-refractivity contribution is 7.91. The van der Waals surface area contributed by atoms with Crippen molar-refractivity contribution in [3.05, 3.63) is 17.0 Å².